The summed E-state index contributed by atoms with van der Waals surface area (Å²) in [6.45, 7) is 0.326. The molecular formula is C9H8Cl2N2O. The molecule has 0 saturated carbocycles. The van der Waals surface area contributed by atoms with Crippen LogP contribution in [0.25, 0.3) is 0 Å². The highest BCUT2D eigenvalue weighted by Gasteiger charge is 2.22. The van der Waals surface area contributed by atoms with Crippen molar-refractivity contribution in [3.8, 4) is 0 Å². The molecule has 0 aromatic heterocycles. The lowest BCUT2D eigenvalue weighted by Crippen LogP contribution is -2.11. The van der Waals surface area contributed by atoms with Gasteiger partial charge in [-0.2, -0.15) is 0 Å². The number of ether oxygens (including phenoxy) is 1. The van der Waals surface area contributed by atoms with Gasteiger partial charge in [0.1, 0.15) is 12.4 Å². The summed E-state index contributed by atoms with van der Waals surface area (Å²) >= 11 is 12.0. The van der Waals surface area contributed by atoms with Gasteiger partial charge in [0.05, 0.1) is 0 Å². The van der Waals surface area contributed by atoms with Crippen LogP contribution >= 0.6 is 23.2 Å². The van der Waals surface area contributed by atoms with E-state index in [0.29, 0.717) is 28.1 Å². The molecule has 74 valence electrons. The second-order valence-corrected chi connectivity index (χ2v) is 3.73. The molecular weight excluding hydrogens is 223 g/mol. The Morgan fingerprint density at radius 2 is 2.00 bits per heavy atom. The molecule has 0 spiro atoms. The van der Waals surface area contributed by atoms with E-state index in [9.17, 15) is 0 Å². The number of hydrogen-bond donors (Lipinski definition) is 1. The fourth-order valence-electron chi connectivity index (χ4n) is 1.28. The van der Waals surface area contributed by atoms with Gasteiger partial charge in [0.15, 0.2) is 6.23 Å². The molecule has 2 rings (SSSR count). The van der Waals surface area contributed by atoms with E-state index in [1.165, 1.54) is 0 Å². The lowest BCUT2D eigenvalue weighted by molar-refractivity contribution is 0.110. The molecule has 0 radical (unpaired) electrons. The highest BCUT2D eigenvalue weighted by atomic mass is 35.5. The van der Waals surface area contributed by atoms with Crippen LogP contribution in [0.4, 0.5) is 0 Å². The summed E-state index contributed by atoms with van der Waals surface area (Å²) in [7, 11) is 0. The van der Waals surface area contributed by atoms with Crippen LogP contribution in [-0.2, 0) is 4.74 Å². The van der Waals surface area contributed by atoms with Gasteiger partial charge >= 0.3 is 0 Å². The Labute approximate surface area is 91.5 Å². The Morgan fingerprint density at radius 3 is 2.50 bits per heavy atom. The number of amidine groups is 1. The first kappa shape index (κ1) is 9.77. The second-order valence-electron chi connectivity index (χ2n) is 2.92. The summed E-state index contributed by atoms with van der Waals surface area (Å²) in [6.07, 6.45) is -0.462. The lowest BCUT2D eigenvalue weighted by atomic mass is 10.2. The fourth-order valence-corrected chi connectivity index (χ4v) is 1.87. The van der Waals surface area contributed by atoms with Crippen molar-refractivity contribution in [3.05, 3.63) is 33.8 Å². The van der Waals surface area contributed by atoms with Crippen LogP contribution in [0.15, 0.2) is 23.2 Å². The van der Waals surface area contributed by atoms with Gasteiger partial charge in [-0.25, -0.2) is 4.99 Å². The van der Waals surface area contributed by atoms with Crippen molar-refractivity contribution >= 4 is 29.0 Å². The molecule has 0 amide bonds. The summed E-state index contributed by atoms with van der Waals surface area (Å²) in [5.41, 5.74) is 6.18. The van der Waals surface area contributed by atoms with Gasteiger partial charge in [-0.3, -0.25) is 0 Å². The lowest BCUT2D eigenvalue weighted by Gasteiger charge is -2.10. The van der Waals surface area contributed by atoms with Crippen LogP contribution in [0.3, 0.4) is 0 Å². The van der Waals surface area contributed by atoms with E-state index >= 15 is 0 Å². The van der Waals surface area contributed by atoms with E-state index in [1.54, 1.807) is 18.2 Å². The van der Waals surface area contributed by atoms with Crippen LogP contribution in [0.5, 0.6) is 0 Å². The quantitative estimate of drug-likeness (QED) is 0.806. The fraction of sp³-hybridized carbons (Fsp3) is 0.222. The van der Waals surface area contributed by atoms with Crippen molar-refractivity contribution in [2.45, 2.75) is 6.23 Å². The summed E-state index contributed by atoms with van der Waals surface area (Å²) in [6, 6.07) is 5.27. The Hall–Kier alpha value is -0.770. The number of halogens is 2. The second kappa shape index (κ2) is 3.77. The Balaban J connectivity index is 2.41. The van der Waals surface area contributed by atoms with E-state index in [-0.39, 0.29) is 0 Å². The van der Waals surface area contributed by atoms with E-state index in [2.05, 4.69) is 4.99 Å². The molecule has 1 heterocycles. The van der Waals surface area contributed by atoms with E-state index in [1.807, 2.05) is 0 Å². The highest BCUT2D eigenvalue weighted by molar-refractivity contribution is 6.36. The first-order chi connectivity index (χ1) is 6.68. The zero-order chi connectivity index (χ0) is 10.1. The first-order valence-electron chi connectivity index (χ1n) is 4.06. The number of benzene rings is 1. The van der Waals surface area contributed by atoms with Crippen molar-refractivity contribution in [1.82, 2.24) is 0 Å². The SMILES string of the molecule is NC1=NC(c2c(Cl)cccc2Cl)OC1. The molecule has 1 aromatic rings. The topological polar surface area (TPSA) is 47.6 Å². The summed E-state index contributed by atoms with van der Waals surface area (Å²) in [5.74, 6) is 0.464. The molecule has 0 fully saturated rings. The molecule has 2 N–H and O–H groups in total. The number of hydrogen-bond acceptors (Lipinski definition) is 3. The molecule has 5 heteroatoms. The van der Waals surface area contributed by atoms with Gasteiger partial charge in [0, 0.05) is 15.6 Å². The summed E-state index contributed by atoms with van der Waals surface area (Å²) in [5, 5.41) is 1.09. The van der Waals surface area contributed by atoms with Crippen molar-refractivity contribution < 1.29 is 4.74 Å². The minimum absolute atomic E-state index is 0.326. The van der Waals surface area contributed by atoms with Gasteiger partial charge < -0.3 is 10.5 Å². The van der Waals surface area contributed by atoms with Crippen LogP contribution in [0.1, 0.15) is 11.8 Å². The van der Waals surface area contributed by atoms with Crippen molar-refractivity contribution in [1.29, 1.82) is 0 Å². The molecule has 14 heavy (non-hydrogen) atoms. The normalized spacial score (nSPS) is 21.0. The molecule has 3 nitrogen and oxygen atoms in total. The van der Waals surface area contributed by atoms with Crippen LogP contribution in [-0.4, -0.2) is 12.4 Å². The average molecular weight is 231 g/mol. The molecule has 1 unspecified atom stereocenters. The third-order valence-corrected chi connectivity index (χ3v) is 2.58. The molecule has 0 bridgehead atoms. The van der Waals surface area contributed by atoms with Crippen LogP contribution in [0, 0.1) is 0 Å². The zero-order valence-corrected chi connectivity index (χ0v) is 8.72. The minimum atomic E-state index is -0.462. The molecule has 1 aliphatic heterocycles. The maximum Gasteiger partial charge on any atom is 0.179 e. The highest BCUT2D eigenvalue weighted by Crippen LogP contribution is 2.34. The monoisotopic (exact) mass is 230 g/mol. The third kappa shape index (κ3) is 1.71. The van der Waals surface area contributed by atoms with Gasteiger partial charge in [0.25, 0.3) is 0 Å². The van der Waals surface area contributed by atoms with Gasteiger partial charge in [0.2, 0.25) is 0 Å². The van der Waals surface area contributed by atoms with Gasteiger partial charge in [-0.1, -0.05) is 29.3 Å². The largest absolute Gasteiger partial charge is 0.385 e. The molecule has 1 atom stereocenters. The Kier molecular flexibility index (Phi) is 2.63. The summed E-state index contributed by atoms with van der Waals surface area (Å²) < 4.78 is 5.32. The van der Waals surface area contributed by atoms with E-state index in [0.717, 1.165) is 0 Å². The van der Waals surface area contributed by atoms with Crippen molar-refractivity contribution in [2.75, 3.05) is 6.61 Å². The minimum Gasteiger partial charge on any atom is -0.385 e. The third-order valence-electron chi connectivity index (χ3n) is 1.92. The Bertz CT molecular complexity index is 372. The molecule has 1 aromatic carbocycles. The molecule has 1 aliphatic rings. The van der Waals surface area contributed by atoms with Crippen LogP contribution in [0.2, 0.25) is 10.0 Å². The Morgan fingerprint density at radius 1 is 1.36 bits per heavy atom. The number of nitrogens with zero attached hydrogens (tertiary/aromatic N) is 1. The van der Waals surface area contributed by atoms with Crippen molar-refractivity contribution in [3.63, 3.8) is 0 Å². The van der Waals surface area contributed by atoms with E-state index < -0.39 is 6.23 Å². The van der Waals surface area contributed by atoms with Gasteiger partial charge in [-0.05, 0) is 12.1 Å². The smallest absolute Gasteiger partial charge is 0.179 e. The van der Waals surface area contributed by atoms with Crippen molar-refractivity contribution in [2.24, 2.45) is 10.7 Å². The summed E-state index contributed by atoms with van der Waals surface area (Å²) in [4.78, 5) is 4.08. The number of aliphatic imine (C=N–C) groups is 1. The first-order valence-corrected chi connectivity index (χ1v) is 4.81. The maximum atomic E-state index is 5.98. The zero-order valence-electron chi connectivity index (χ0n) is 7.21. The van der Waals surface area contributed by atoms with Gasteiger partial charge in [-0.15, -0.1) is 0 Å². The number of rotatable bonds is 1. The number of nitrogens with two attached hydrogens (primary N) is 1. The average Bonchev–Trinajstić information content (AvgIpc) is 2.51. The standard InChI is InChI=1S/C9H8Cl2N2O/c10-5-2-1-3-6(11)8(5)9-13-7(12)4-14-9/h1-3,9H,4H2,(H2,12,13). The van der Waals surface area contributed by atoms with Crippen LogP contribution < -0.4 is 5.73 Å². The van der Waals surface area contributed by atoms with E-state index in [4.69, 9.17) is 33.7 Å². The maximum absolute atomic E-state index is 5.98. The molecule has 0 saturated heterocycles. The predicted molar refractivity (Wildman–Crippen MR) is 56.8 cm³/mol. The predicted octanol–water partition coefficient (Wildman–Crippen LogP) is 2.38. The molecule has 0 aliphatic carbocycles.